The van der Waals surface area contributed by atoms with Gasteiger partial charge in [-0.25, -0.2) is 4.79 Å². The molecule has 2 amide bonds. The van der Waals surface area contributed by atoms with Gasteiger partial charge in [0.15, 0.2) is 0 Å². The van der Waals surface area contributed by atoms with Gasteiger partial charge in [-0.3, -0.25) is 15.0 Å². The molecule has 3 rings (SSSR count). The van der Waals surface area contributed by atoms with Crippen LogP contribution in [-0.2, 0) is 4.74 Å². The first-order chi connectivity index (χ1) is 14.0. The number of methoxy groups -OCH3 is 1. The summed E-state index contributed by atoms with van der Waals surface area (Å²) in [6.45, 7) is 4.81. The SMILES string of the molecule is COc1ccc(NC(=O)NCC(c2ccc(C)o2)N2CCOCC2)c([N+](=O)[O-])c1. The molecule has 0 aliphatic carbocycles. The molecule has 1 aromatic heterocycles. The van der Waals surface area contributed by atoms with E-state index in [9.17, 15) is 14.9 Å². The van der Waals surface area contributed by atoms with E-state index in [1.807, 2.05) is 19.1 Å². The normalized spacial score (nSPS) is 15.5. The molecule has 2 heterocycles. The van der Waals surface area contributed by atoms with Crippen LogP contribution in [0.2, 0.25) is 0 Å². The summed E-state index contributed by atoms with van der Waals surface area (Å²) in [6.07, 6.45) is 0. The monoisotopic (exact) mass is 404 g/mol. The van der Waals surface area contributed by atoms with Crippen LogP contribution < -0.4 is 15.4 Å². The van der Waals surface area contributed by atoms with Gasteiger partial charge in [0.2, 0.25) is 0 Å². The van der Waals surface area contributed by atoms with Crippen LogP contribution in [0, 0.1) is 17.0 Å². The van der Waals surface area contributed by atoms with E-state index in [0.717, 1.165) is 24.6 Å². The number of nitro groups is 1. The largest absolute Gasteiger partial charge is 0.496 e. The highest BCUT2D eigenvalue weighted by atomic mass is 16.6. The average Bonchev–Trinajstić information content (AvgIpc) is 3.15. The molecule has 29 heavy (non-hydrogen) atoms. The van der Waals surface area contributed by atoms with Crippen molar-refractivity contribution in [1.82, 2.24) is 10.2 Å². The lowest BCUT2D eigenvalue weighted by Gasteiger charge is -2.33. The van der Waals surface area contributed by atoms with Crippen molar-refractivity contribution in [2.45, 2.75) is 13.0 Å². The number of nitro benzene ring substituents is 1. The molecular weight excluding hydrogens is 380 g/mol. The summed E-state index contributed by atoms with van der Waals surface area (Å²) in [5.74, 6) is 1.87. The van der Waals surface area contributed by atoms with Gasteiger partial charge in [-0.05, 0) is 31.2 Å². The smallest absolute Gasteiger partial charge is 0.319 e. The number of amides is 2. The first-order valence-corrected chi connectivity index (χ1v) is 9.23. The van der Waals surface area contributed by atoms with Gasteiger partial charge < -0.3 is 24.5 Å². The third-order valence-corrected chi connectivity index (χ3v) is 4.68. The third-order valence-electron chi connectivity index (χ3n) is 4.68. The van der Waals surface area contributed by atoms with E-state index in [-0.39, 0.29) is 24.0 Å². The van der Waals surface area contributed by atoms with Crippen molar-refractivity contribution >= 4 is 17.4 Å². The Bertz CT molecular complexity index is 862. The van der Waals surface area contributed by atoms with E-state index in [4.69, 9.17) is 13.9 Å². The quantitative estimate of drug-likeness (QED) is 0.538. The van der Waals surface area contributed by atoms with Crippen molar-refractivity contribution < 1.29 is 23.6 Å². The fourth-order valence-electron chi connectivity index (χ4n) is 3.18. The summed E-state index contributed by atoms with van der Waals surface area (Å²) in [4.78, 5) is 25.3. The van der Waals surface area contributed by atoms with E-state index < -0.39 is 11.0 Å². The lowest BCUT2D eigenvalue weighted by molar-refractivity contribution is -0.384. The number of ether oxygens (including phenoxy) is 2. The number of morpholine rings is 1. The molecule has 0 saturated carbocycles. The van der Waals surface area contributed by atoms with Crippen LogP contribution in [-0.4, -0.2) is 55.8 Å². The molecule has 2 aromatic rings. The van der Waals surface area contributed by atoms with Gasteiger partial charge in [-0.1, -0.05) is 0 Å². The molecule has 0 radical (unpaired) electrons. The minimum atomic E-state index is -0.569. The second-order valence-electron chi connectivity index (χ2n) is 6.59. The van der Waals surface area contributed by atoms with Crippen molar-refractivity contribution in [3.05, 3.63) is 52.0 Å². The molecule has 10 nitrogen and oxygen atoms in total. The lowest BCUT2D eigenvalue weighted by atomic mass is 10.1. The molecule has 2 N–H and O–H groups in total. The van der Waals surface area contributed by atoms with Crippen LogP contribution >= 0.6 is 0 Å². The zero-order chi connectivity index (χ0) is 20.8. The number of benzene rings is 1. The fraction of sp³-hybridized carbons (Fsp3) is 0.421. The van der Waals surface area contributed by atoms with Crippen LogP contribution in [0.4, 0.5) is 16.2 Å². The molecule has 1 unspecified atom stereocenters. The first-order valence-electron chi connectivity index (χ1n) is 9.23. The Hall–Kier alpha value is -3.11. The zero-order valence-corrected chi connectivity index (χ0v) is 16.3. The van der Waals surface area contributed by atoms with E-state index >= 15 is 0 Å². The Labute approximate surface area is 167 Å². The molecular formula is C19H24N4O6. The number of hydrogen-bond acceptors (Lipinski definition) is 7. The number of carbonyl (C=O) groups excluding carboxylic acids is 1. The van der Waals surface area contributed by atoms with Crippen molar-refractivity contribution in [2.75, 3.05) is 45.3 Å². The number of furan rings is 1. The third kappa shape index (κ3) is 5.24. The molecule has 1 saturated heterocycles. The second-order valence-corrected chi connectivity index (χ2v) is 6.59. The Kier molecular flexibility index (Phi) is 6.68. The second kappa shape index (κ2) is 9.39. The summed E-state index contributed by atoms with van der Waals surface area (Å²) < 4.78 is 16.2. The molecule has 1 atom stereocenters. The molecule has 1 aromatic carbocycles. The number of urea groups is 1. The lowest BCUT2D eigenvalue weighted by Crippen LogP contribution is -2.44. The van der Waals surface area contributed by atoms with E-state index in [1.54, 1.807) is 6.07 Å². The summed E-state index contributed by atoms with van der Waals surface area (Å²) in [7, 11) is 1.42. The molecule has 0 bridgehead atoms. The Morgan fingerprint density at radius 1 is 1.31 bits per heavy atom. The number of rotatable bonds is 7. The maximum absolute atomic E-state index is 12.4. The van der Waals surface area contributed by atoms with Crippen LogP contribution in [0.15, 0.2) is 34.7 Å². The van der Waals surface area contributed by atoms with Crippen LogP contribution in [0.3, 0.4) is 0 Å². The van der Waals surface area contributed by atoms with Gasteiger partial charge in [-0.15, -0.1) is 0 Å². The average molecular weight is 404 g/mol. The van der Waals surface area contributed by atoms with E-state index in [0.29, 0.717) is 19.0 Å². The number of carbonyl (C=O) groups is 1. The summed E-state index contributed by atoms with van der Waals surface area (Å²) >= 11 is 0. The van der Waals surface area contributed by atoms with Crippen LogP contribution in [0.5, 0.6) is 5.75 Å². The standard InChI is InChI=1S/C19H24N4O6/c1-13-3-6-18(29-13)17(22-7-9-28-10-8-22)12-20-19(24)21-15-5-4-14(27-2)11-16(15)23(25)26/h3-6,11,17H,7-10,12H2,1-2H3,(H2,20,21,24). The maximum atomic E-state index is 12.4. The van der Waals surface area contributed by atoms with Gasteiger partial charge in [-0.2, -0.15) is 0 Å². The van der Waals surface area contributed by atoms with Crippen molar-refractivity contribution in [3.63, 3.8) is 0 Å². The van der Waals surface area contributed by atoms with Crippen molar-refractivity contribution in [2.24, 2.45) is 0 Å². The van der Waals surface area contributed by atoms with E-state index in [1.165, 1.54) is 19.2 Å². The van der Waals surface area contributed by atoms with Gasteiger partial charge >= 0.3 is 6.03 Å². The molecule has 10 heteroatoms. The molecule has 1 aliphatic heterocycles. The highest BCUT2D eigenvalue weighted by molar-refractivity contribution is 5.92. The van der Waals surface area contributed by atoms with Gasteiger partial charge in [0.05, 0.1) is 37.4 Å². The summed E-state index contributed by atoms with van der Waals surface area (Å²) in [5.41, 5.74) is -0.157. The Morgan fingerprint density at radius 3 is 2.69 bits per heavy atom. The summed E-state index contributed by atoms with van der Waals surface area (Å²) in [6, 6.07) is 7.31. The van der Waals surface area contributed by atoms with Gasteiger partial charge in [0.25, 0.3) is 5.69 Å². The number of hydrogen-bond donors (Lipinski definition) is 2. The highest BCUT2D eigenvalue weighted by Gasteiger charge is 2.26. The Balaban J connectivity index is 1.68. The molecule has 1 fully saturated rings. The van der Waals surface area contributed by atoms with Gasteiger partial charge in [0.1, 0.15) is 23.0 Å². The predicted molar refractivity (Wildman–Crippen MR) is 105 cm³/mol. The number of aryl methyl sites for hydroxylation is 1. The van der Waals surface area contributed by atoms with Crippen LogP contribution in [0.1, 0.15) is 17.6 Å². The number of anilines is 1. The molecule has 156 valence electrons. The highest BCUT2D eigenvalue weighted by Crippen LogP contribution is 2.29. The molecule has 1 aliphatic rings. The van der Waals surface area contributed by atoms with Crippen molar-refractivity contribution in [1.29, 1.82) is 0 Å². The van der Waals surface area contributed by atoms with Gasteiger partial charge in [0, 0.05) is 19.6 Å². The van der Waals surface area contributed by atoms with Crippen molar-refractivity contribution in [3.8, 4) is 5.75 Å². The zero-order valence-electron chi connectivity index (χ0n) is 16.3. The van der Waals surface area contributed by atoms with E-state index in [2.05, 4.69) is 15.5 Å². The first kappa shape index (κ1) is 20.6. The minimum Gasteiger partial charge on any atom is -0.496 e. The fourth-order valence-corrected chi connectivity index (χ4v) is 3.18. The summed E-state index contributed by atoms with van der Waals surface area (Å²) in [5, 5.41) is 16.6. The predicted octanol–water partition coefficient (Wildman–Crippen LogP) is 2.70. The number of nitrogens with one attached hydrogen (secondary N) is 2. The minimum absolute atomic E-state index is 0.0880. The number of nitrogens with zero attached hydrogens (tertiary/aromatic N) is 2. The molecule has 0 spiro atoms. The Morgan fingerprint density at radius 2 is 2.07 bits per heavy atom. The van der Waals surface area contributed by atoms with Crippen LogP contribution in [0.25, 0.3) is 0 Å². The maximum Gasteiger partial charge on any atom is 0.319 e. The topological polar surface area (TPSA) is 119 Å².